The molecule has 1 aromatic rings. The summed E-state index contributed by atoms with van der Waals surface area (Å²) in [5, 5.41) is 3.46. The normalized spacial score (nSPS) is 24.6. The number of nitrogens with one attached hydrogen (secondary N) is 1. The van der Waals surface area contributed by atoms with Crippen LogP contribution < -0.4 is 5.32 Å². The van der Waals surface area contributed by atoms with Crippen LogP contribution in [0.2, 0.25) is 0 Å². The molecule has 0 saturated heterocycles. The fourth-order valence-corrected chi connectivity index (χ4v) is 3.42. The Balaban J connectivity index is 1.76. The largest absolute Gasteiger partial charge is 0.310 e. The molecule has 1 atom stereocenters. The van der Waals surface area contributed by atoms with Crippen LogP contribution in [0.1, 0.15) is 57.6 Å². The van der Waals surface area contributed by atoms with Gasteiger partial charge in [0.2, 0.25) is 0 Å². The van der Waals surface area contributed by atoms with Crippen LogP contribution in [0.4, 0.5) is 4.39 Å². The second-order valence-corrected chi connectivity index (χ2v) is 7.17. The van der Waals surface area contributed by atoms with E-state index in [0.29, 0.717) is 0 Å². The Morgan fingerprint density at radius 1 is 1.30 bits per heavy atom. The standard InChI is InChI=1S/C17H25BrFN/c1-12-3-5-14(6-4-12)9-10-20-13(2)16-8-7-15(18)11-17(16)19/h7-8,11-14,20H,3-6,9-10H2,1-2H3. The van der Waals surface area contributed by atoms with Crippen molar-refractivity contribution in [3.05, 3.63) is 34.1 Å². The molecular formula is C17H25BrFN. The molecule has 0 aliphatic heterocycles. The highest BCUT2D eigenvalue weighted by atomic mass is 79.9. The highest BCUT2D eigenvalue weighted by Crippen LogP contribution is 2.30. The van der Waals surface area contributed by atoms with Gasteiger partial charge in [-0.05, 0) is 43.9 Å². The summed E-state index contributed by atoms with van der Waals surface area (Å²) in [6.45, 7) is 5.37. The topological polar surface area (TPSA) is 12.0 Å². The van der Waals surface area contributed by atoms with E-state index in [1.807, 2.05) is 19.1 Å². The number of halogens is 2. The summed E-state index contributed by atoms with van der Waals surface area (Å²) in [6, 6.07) is 5.37. The molecule has 1 N–H and O–H groups in total. The van der Waals surface area contributed by atoms with Crippen LogP contribution in [0.3, 0.4) is 0 Å². The lowest BCUT2D eigenvalue weighted by atomic mass is 9.81. The summed E-state index contributed by atoms with van der Waals surface area (Å²) < 4.78 is 14.6. The predicted octanol–water partition coefficient (Wildman–Crippen LogP) is 5.46. The van der Waals surface area contributed by atoms with Gasteiger partial charge in [0.05, 0.1) is 0 Å². The Kier molecular flexibility index (Phi) is 6.03. The molecule has 0 bridgehead atoms. The van der Waals surface area contributed by atoms with E-state index >= 15 is 0 Å². The summed E-state index contributed by atoms with van der Waals surface area (Å²) in [5.41, 5.74) is 0.755. The number of hydrogen-bond donors (Lipinski definition) is 1. The maximum absolute atomic E-state index is 13.9. The Morgan fingerprint density at radius 2 is 2.00 bits per heavy atom. The van der Waals surface area contributed by atoms with Crippen molar-refractivity contribution in [2.75, 3.05) is 6.54 Å². The minimum Gasteiger partial charge on any atom is -0.310 e. The minimum atomic E-state index is -0.133. The van der Waals surface area contributed by atoms with Gasteiger partial charge in [0.25, 0.3) is 0 Å². The van der Waals surface area contributed by atoms with E-state index in [9.17, 15) is 4.39 Å². The Bertz CT molecular complexity index is 427. The van der Waals surface area contributed by atoms with Crippen LogP contribution in [0.25, 0.3) is 0 Å². The molecule has 112 valence electrons. The van der Waals surface area contributed by atoms with Crippen LogP contribution in [-0.4, -0.2) is 6.54 Å². The molecule has 3 heteroatoms. The molecule has 1 aliphatic carbocycles. The van der Waals surface area contributed by atoms with Gasteiger partial charge in [0, 0.05) is 16.1 Å². The van der Waals surface area contributed by atoms with Gasteiger partial charge in [-0.1, -0.05) is 54.6 Å². The van der Waals surface area contributed by atoms with Crippen molar-refractivity contribution in [1.82, 2.24) is 5.32 Å². The highest BCUT2D eigenvalue weighted by Gasteiger charge is 2.18. The Hall–Kier alpha value is -0.410. The number of rotatable bonds is 5. The van der Waals surface area contributed by atoms with E-state index in [2.05, 4.69) is 28.2 Å². The zero-order chi connectivity index (χ0) is 14.5. The van der Waals surface area contributed by atoms with Gasteiger partial charge in [0.15, 0.2) is 0 Å². The molecule has 1 nitrogen and oxygen atoms in total. The lowest BCUT2D eigenvalue weighted by molar-refractivity contribution is 0.273. The van der Waals surface area contributed by atoms with Crippen molar-refractivity contribution in [2.24, 2.45) is 11.8 Å². The first-order valence-electron chi connectivity index (χ1n) is 7.74. The molecule has 1 fully saturated rings. The molecule has 0 amide bonds. The zero-order valence-corrected chi connectivity index (χ0v) is 14.0. The first-order valence-corrected chi connectivity index (χ1v) is 8.54. The molecule has 2 rings (SSSR count). The van der Waals surface area contributed by atoms with Crippen molar-refractivity contribution in [3.8, 4) is 0 Å². The van der Waals surface area contributed by atoms with Gasteiger partial charge in [-0.25, -0.2) is 4.39 Å². The van der Waals surface area contributed by atoms with E-state index in [-0.39, 0.29) is 11.9 Å². The number of hydrogen-bond acceptors (Lipinski definition) is 1. The fourth-order valence-electron chi connectivity index (χ4n) is 3.08. The van der Waals surface area contributed by atoms with Crippen molar-refractivity contribution in [3.63, 3.8) is 0 Å². The fraction of sp³-hybridized carbons (Fsp3) is 0.647. The lowest BCUT2D eigenvalue weighted by Crippen LogP contribution is -2.24. The first-order chi connectivity index (χ1) is 9.56. The van der Waals surface area contributed by atoms with Gasteiger partial charge in [-0.15, -0.1) is 0 Å². The van der Waals surface area contributed by atoms with E-state index in [4.69, 9.17) is 0 Å². The summed E-state index contributed by atoms with van der Waals surface area (Å²) in [5.74, 6) is 1.64. The Morgan fingerprint density at radius 3 is 2.65 bits per heavy atom. The van der Waals surface area contributed by atoms with Crippen LogP contribution >= 0.6 is 15.9 Å². The number of benzene rings is 1. The minimum absolute atomic E-state index is 0.0746. The van der Waals surface area contributed by atoms with E-state index in [0.717, 1.165) is 28.4 Å². The molecule has 0 aromatic heterocycles. The third-order valence-electron chi connectivity index (χ3n) is 4.57. The van der Waals surface area contributed by atoms with E-state index in [1.165, 1.54) is 38.2 Å². The quantitative estimate of drug-likeness (QED) is 0.750. The highest BCUT2D eigenvalue weighted by molar-refractivity contribution is 9.10. The van der Waals surface area contributed by atoms with Gasteiger partial charge < -0.3 is 5.32 Å². The van der Waals surface area contributed by atoms with Crippen LogP contribution in [-0.2, 0) is 0 Å². The SMILES string of the molecule is CC1CCC(CCNC(C)c2ccc(Br)cc2F)CC1. The van der Waals surface area contributed by atoms with Crippen molar-refractivity contribution >= 4 is 15.9 Å². The van der Waals surface area contributed by atoms with Gasteiger partial charge in [-0.2, -0.15) is 0 Å². The second kappa shape index (κ2) is 7.56. The molecule has 1 aromatic carbocycles. The van der Waals surface area contributed by atoms with Crippen LogP contribution in [0, 0.1) is 17.7 Å². The maximum atomic E-state index is 13.9. The molecule has 0 spiro atoms. The summed E-state index contributed by atoms with van der Waals surface area (Å²) in [7, 11) is 0. The van der Waals surface area contributed by atoms with E-state index < -0.39 is 0 Å². The average molecular weight is 342 g/mol. The third kappa shape index (κ3) is 4.56. The molecule has 0 heterocycles. The zero-order valence-electron chi connectivity index (χ0n) is 12.5. The molecule has 1 unspecified atom stereocenters. The molecule has 1 aliphatic rings. The predicted molar refractivity (Wildman–Crippen MR) is 86.3 cm³/mol. The van der Waals surface area contributed by atoms with Gasteiger partial charge >= 0.3 is 0 Å². The monoisotopic (exact) mass is 341 g/mol. The molecule has 1 saturated carbocycles. The molecule has 20 heavy (non-hydrogen) atoms. The van der Waals surface area contributed by atoms with Crippen molar-refractivity contribution < 1.29 is 4.39 Å². The Labute approximate surface area is 130 Å². The van der Waals surface area contributed by atoms with Gasteiger partial charge in [-0.3, -0.25) is 0 Å². The maximum Gasteiger partial charge on any atom is 0.129 e. The van der Waals surface area contributed by atoms with E-state index in [1.54, 1.807) is 0 Å². The van der Waals surface area contributed by atoms with Crippen molar-refractivity contribution in [1.29, 1.82) is 0 Å². The van der Waals surface area contributed by atoms with Crippen molar-refractivity contribution in [2.45, 2.75) is 52.0 Å². The van der Waals surface area contributed by atoms with Gasteiger partial charge in [0.1, 0.15) is 5.82 Å². The average Bonchev–Trinajstić information content (AvgIpc) is 2.41. The lowest BCUT2D eigenvalue weighted by Gasteiger charge is -2.26. The van der Waals surface area contributed by atoms with Crippen LogP contribution in [0.5, 0.6) is 0 Å². The summed E-state index contributed by atoms with van der Waals surface area (Å²) in [4.78, 5) is 0. The molecule has 0 radical (unpaired) electrons. The second-order valence-electron chi connectivity index (χ2n) is 6.26. The summed E-state index contributed by atoms with van der Waals surface area (Å²) >= 11 is 3.29. The third-order valence-corrected chi connectivity index (χ3v) is 5.06. The summed E-state index contributed by atoms with van der Waals surface area (Å²) in [6.07, 6.45) is 6.70. The first kappa shape index (κ1) is 16.0. The smallest absolute Gasteiger partial charge is 0.129 e. The van der Waals surface area contributed by atoms with Crippen LogP contribution in [0.15, 0.2) is 22.7 Å². The molecular weight excluding hydrogens is 317 g/mol.